The van der Waals surface area contributed by atoms with Crippen LogP contribution in [0.15, 0.2) is 0 Å². The van der Waals surface area contributed by atoms with Crippen LogP contribution >= 0.6 is 0 Å². The van der Waals surface area contributed by atoms with Gasteiger partial charge in [0.25, 0.3) is 0 Å². The topological polar surface area (TPSA) is 51.2 Å². The maximum atomic E-state index is 10.1. The van der Waals surface area contributed by atoms with Crippen LogP contribution in [0.5, 0.6) is 0 Å². The van der Waals surface area contributed by atoms with Crippen molar-refractivity contribution in [1.82, 2.24) is 0 Å². The van der Waals surface area contributed by atoms with Gasteiger partial charge in [-0.25, -0.2) is 0 Å². The lowest BCUT2D eigenvalue weighted by Crippen LogP contribution is -2.12. The van der Waals surface area contributed by atoms with Gasteiger partial charge in [0.2, 0.25) is 0 Å². The number of ketones is 1. The summed E-state index contributed by atoms with van der Waals surface area (Å²) in [5.41, 5.74) is 0. The van der Waals surface area contributed by atoms with Gasteiger partial charge < -0.3 is 9.59 Å². The average Bonchev–Trinajstić information content (AvgIpc) is 1.69. The van der Waals surface area contributed by atoms with E-state index in [0.29, 0.717) is 12.6 Å². The van der Waals surface area contributed by atoms with Crippen molar-refractivity contribution >= 4 is 18.4 Å². The van der Waals surface area contributed by atoms with E-state index in [1.807, 2.05) is 0 Å². The van der Waals surface area contributed by atoms with E-state index >= 15 is 0 Å². The molecule has 0 aliphatic heterocycles. The summed E-state index contributed by atoms with van der Waals surface area (Å²) < 4.78 is 0. The Kier molecular flexibility index (Phi) is 2.69. The molecule has 0 amide bonds. The molecule has 0 aromatic heterocycles. The molecule has 0 unspecified atom stereocenters. The van der Waals surface area contributed by atoms with Gasteiger partial charge in [-0.15, -0.1) is 0 Å². The number of hydrogen-bond donors (Lipinski definition) is 0. The first-order valence-electron chi connectivity index (χ1n) is 2.13. The molecular formula is C5H6O3. The molecule has 3 nitrogen and oxygen atoms in total. The van der Waals surface area contributed by atoms with E-state index in [0.717, 1.165) is 0 Å². The molecule has 0 rings (SSSR count). The highest BCUT2D eigenvalue weighted by Crippen LogP contribution is 1.85. The lowest BCUT2D eigenvalue weighted by molar-refractivity contribution is -0.129. The van der Waals surface area contributed by atoms with Crippen LogP contribution in [0.3, 0.4) is 0 Å². The Hall–Kier alpha value is -0.990. The van der Waals surface area contributed by atoms with Crippen LogP contribution in [0.1, 0.15) is 6.92 Å². The van der Waals surface area contributed by atoms with Crippen LogP contribution in [0.4, 0.5) is 0 Å². The van der Waals surface area contributed by atoms with Gasteiger partial charge >= 0.3 is 0 Å². The van der Waals surface area contributed by atoms with Crippen molar-refractivity contribution in [2.24, 2.45) is 5.92 Å². The molecule has 0 aliphatic rings. The SMILES string of the molecule is CC(=O)C(C=O)C=O. The van der Waals surface area contributed by atoms with E-state index in [4.69, 9.17) is 0 Å². The van der Waals surface area contributed by atoms with E-state index in [9.17, 15) is 14.4 Å². The highest BCUT2D eigenvalue weighted by Gasteiger charge is 2.09. The summed E-state index contributed by atoms with van der Waals surface area (Å²) in [6.07, 6.45) is 0.657. The second-order valence-corrected chi connectivity index (χ2v) is 1.41. The summed E-state index contributed by atoms with van der Waals surface area (Å²) in [6, 6.07) is 0. The minimum Gasteiger partial charge on any atom is -0.302 e. The molecule has 0 aliphatic carbocycles. The standard InChI is InChI=1S/C5H6O3/c1-4(8)5(2-6)3-7/h2-3,5H,1H3. The second kappa shape index (κ2) is 3.07. The fourth-order valence-corrected chi connectivity index (χ4v) is 0.224. The third-order valence-corrected chi connectivity index (χ3v) is 0.763. The first-order chi connectivity index (χ1) is 3.72. The minimum absolute atomic E-state index is 0.329. The Morgan fingerprint density at radius 3 is 1.75 bits per heavy atom. The number of carbonyl (C=O) groups excluding carboxylic acids is 3. The van der Waals surface area contributed by atoms with Gasteiger partial charge in [-0.05, 0) is 6.92 Å². The molecule has 0 saturated heterocycles. The molecule has 0 aromatic carbocycles. The van der Waals surface area contributed by atoms with Crippen LogP contribution < -0.4 is 0 Å². The van der Waals surface area contributed by atoms with Crippen LogP contribution in [0.25, 0.3) is 0 Å². The molecule has 0 saturated carbocycles. The van der Waals surface area contributed by atoms with Gasteiger partial charge in [0.05, 0.1) is 0 Å². The van der Waals surface area contributed by atoms with Crippen LogP contribution in [0.2, 0.25) is 0 Å². The molecule has 0 aromatic rings. The van der Waals surface area contributed by atoms with E-state index in [1.165, 1.54) is 6.92 Å². The predicted octanol–water partition coefficient (Wildman–Crippen LogP) is -0.411. The van der Waals surface area contributed by atoms with Gasteiger partial charge in [-0.2, -0.15) is 0 Å². The normalized spacial score (nSPS) is 8.75. The van der Waals surface area contributed by atoms with Crippen molar-refractivity contribution < 1.29 is 14.4 Å². The van der Waals surface area contributed by atoms with Gasteiger partial charge in [0.1, 0.15) is 24.3 Å². The van der Waals surface area contributed by atoms with Crippen LogP contribution in [-0.2, 0) is 14.4 Å². The zero-order valence-electron chi connectivity index (χ0n) is 4.46. The molecule has 8 heavy (non-hydrogen) atoms. The van der Waals surface area contributed by atoms with Gasteiger partial charge in [-0.1, -0.05) is 0 Å². The molecule has 0 radical (unpaired) electrons. The maximum absolute atomic E-state index is 10.1. The Balaban J connectivity index is 3.88. The van der Waals surface area contributed by atoms with E-state index < -0.39 is 11.7 Å². The predicted molar refractivity (Wildman–Crippen MR) is 26.3 cm³/mol. The third-order valence-electron chi connectivity index (χ3n) is 0.763. The summed E-state index contributed by atoms with van der Waals surface area (Å²) in [6.45, 7) is 1.20. The molecule has 0 atom stereocenters. The molecule has 0 heterocycles. The van der Waals surface area contributed by atoms with Gasteiger partial charge in [-0.3, -0.25) is 4.79 Å². The zero-order chi connectivity index (χ0) is 6.57. The lowest BCUT2D eigenvalue weighted by Gasteiger charge is -1.88. The van der Waals surface area contributed by atoms with Crippen LogP contribution in [0, 0.1) is 5.92 Å². The first kappa shape index (κ1) is 7.01. The molecule has 44 valence electrons. The number of Topliss-reactive ketones (excluding diaryl/α,β-unsaturated/α-hetero) is 1. The molecule has 0 fully saturated rings. The monoisotopic (exact) mass is 114 g/mol. The smallest absolute Gasteiger partial charge is 0.147 e. The summed E-state index contributed by atoms with van der Waals surface area (Å²) in [5.74, 6) is -1.45. The Bertz CT molecular complexity index is 109. The van der Waals surface area contributed by atoms with Crippen LogP contribution in [-0.4, -0.2) is 18.4 Å². The van der Waals surface area contributed by atoms with Gasteiger partial charge in [0, 0.05) is 0 Å². The summed E-state index contributed by atoms with van der Waals surface area (Å²) >= 11 is 0. The van der Waals surface area contributed by atoms with Crippen molar-refractivity contribution in [2.45, 2.75) is 6.92 Å². The number of hydrogen-bond acceptors (Lipinski definition) is 3. The summed E-state index contributed by atoms with van der Waals surface area (Å²) in [7, 11) is 0. The Morgan fingerprint density at radius 2 is 1.75 bits per heavy atom. The third kappa shape index (κ3) is 1.64. The molecule has 0 bridgehead atoms. The number of aldehydes is 2. The fraction of sp³-hybridized carbons (Fsp3) is 0.400. The van der Waals surface area contributed by atoms with Crippen molar-refractivity contribution in [2.75, 3.05) is 0 Å². The lowest BCUT2D eigenvalue weighted by atomic mass is 10.1. The quantitative estimate of drug-likeness (QED) is 0.370. The summed E-state index contributed by atoms with van der Waals surface area (Å²) in [5, 5.41) is 0. The minimum atomic E-state index is -1.05. The molecule has 3 heteroatoms. The number of rotatable bonds is 3. The fourth-order valence-electron chi connectivity index (χ4n) is 0.224. The Labute approximate surface area is 46.7 Å². The largest absolute Gasteiger partial charge is 0.302 e. The Morgan fingerprint density at radius 1 is 1.38 bits per heavy atom. The highest BCUT2D eigenvalue weighted by atomic mass is 16.2. The van der Waals surface area contributed by atoms with E-state index in [1.54, 1.807) is 0 Å². The molecule has 0 spiro atoms. The highest BCUT2D eigenvalue weighted by molar-refractivity contribution is 6.04. The zero-order valence-corrected chi connectivity index (χ0v) is 4.46. The maximum Gasteiger partial charge on any atom is 0.147 e. The van der Waals surface area contributed by atoms with E-state index in [2.05, 4.69) is 0 Å². The molecule has 0 N–H and O–H groups in total. The van der Waals surface area contributed by atoms with Crippen molar-refractivity contribution in [1.29, 1.82) is 0 Å². The first-order valence-corrected chi connectivity index (χ1v) is 2.13. The average molecular weight is 114 g/mol. The van der Waals surface area contributed by atoms with Crippen molar-refractivity contribution in [3.8, 4) is 0 Å². The number of carbonyl (C=O) groups is 3. The second-order valence-electron chi connectivity index (χ2n) is 1.41. The molecular weight excluding hydrogens is 108 g/mol. The van der Waals surface area contributed by atoms with Crippen molar-refractivity contribution in [3.63, 3.8) is 0 Å². The summed E-state index contributed by atoms with van der Waals surface area (Å²) in [4.78, 5) is 29.6. The van der Waals surface area contributed by atoms with E-state index in [-0.39, 0.29) is 0 Å². The van der Waals surface area contributed by atoms with Crippen molar-refractivity contribution in [3.05, 3.63) is 0 Å². The van der Waals surface area contributed by atoms with Gasteiger partial charge in [0.15, 0.2) is 0 Å².